The van der Waals surface area contributed by atoms with E-state index in [0.717, 1.165) is 13.1 Å². The summed E-state index contributed by atoms with van der Waals surface area (Å²) in [5.74, 6) is 0. The molecule has 3 nitrogen and oxygen atoms in total. The van der Waals surface area contributed by atoms with Crippen molar-refractivity contribution in [2.45, 2.75) is 71.1 Å². The van der Waals surface area contributed by atoms with Crippen LogP contribution in [0.1, 0.15) is 52.9 Å². The second-order valence-corrected chi connectivity index (χ2v) is 6.55. The molecule has 2 saturated heterocycles. The lowest BCUT2D eigenvalue weighted by Crippen LogP contribution is -2.46. The smallest absolute Gasteiger partial charge is 0.0707 e. The summed E-state index contributed by atoms with van der Waals surface area (Å²) in [5.41, 5.74) is 0. The Hall–Kier alpha value is -0.120. The summed E-state index contributed by atoms with van der Waals surface area (Å²) in [6.45, 7) is 13.0. The zero-order chi connectivity index (χ0) is 13.7. The van der Waals surface area contributed by atoms with Crippen molar-refractivity contribution in [2.24, 2.45) is 0 Å². The van der Waals surface area contributed by atoms with Crippen molar-refractivity contribution in [3.63, 3.8) is 0 Å². The van der Waals surface area contributed by atoms with Gasteiger partial charge in [0.15, 0.2) is 0 Å². The van der Waals surface area contributed by atoms with Gasteiger partial charge in [0.1, 0.15) is 0 Å². The predicted octanol–water partition coefficient (Wildman–Crippen LogP) is 2.75. The molecule has 112 valence electrons. The summed E-state index contributed by atoms with van der Waals surface area (Å²) in [7, 11) is 0. The van der Waals surface area contributed by atoms with Crippen LogP contribution in [0.3, 0.4) is 0 Å². The molecule has 0 spiro atoms. The molecule has 0 unspecified atom stereocenters. The number of unbranched alkanes of at least 4 members (excludes halogenated alkanes) is 2. The van der Waals surface area contributed by atoms with Crippen LogP contribution in [0.15, 0.2) is 0 Å². The van der Waals surface area contributed by atoms with Gasteiger partial charge in [-0.2, -0.15) is 0 Å². The number of fused-ring (bicyclic) bond motifs is 2. The maximum atomic E-state index is 5.91. The van der Waals surface area contributed by atoms with E-state index in [1.54, 1.807) is 0 Å². The fourth-order valence-corrected chi connectivity index (χ4v) is 3.34. The van der Waals surface area contributed by atoms with E-state index < -0.39 is 0 Å². The third-order valence-corrected chi connectivity index (χ3v) is 4.60. The molecule has 2 bridgehead atoms. The molecule has 19 heavy (non-hydrogen) atoms. The Morgan fingerprint density at radius 2 is 1.79 bits per heavy atom. The number of nitrogens with zero attached hydrogens (tertiary/aromatic N) is 2. The molecule has 2 aliphatic rings. The molecular weight excluding hydrogens is 236 g/mol. The van der Waals surface area contributed by atoms with Gasteiger partial charge in [-0.3, -0.25) is 9.80 Å². The van der Waals surface area contributed by atoms with E-state index in [0.29, 0.717) is 18.2 Å². The molecule has 0 saturated carbocycles. The number of ether oxygens (including phenoxy) is 1. The highest BCUT2D eigenvalue weighted by atomic mass is 16.5. The van der Waals surface area contributed by atoms with Gasteiger partial charge in [0.2, 0.25) is 0 Å². The van der Waals surface area contributed by atoms with Gasteiger partial charge in [0, 0.05) is 32.2 Å². The van der Waals surface area contributed by atoms with E-state index in [2.05, 4.69) is 30.6 Å². The van der Waals surface area contributed by atoms with E-state index in [4.69, 9.17) is 4.74 Å². The van der Waals surface area contributed by atoms with Gasteiger partial charge in [-0.05, 0) is 39.7 Å². The lowest BCUT2D eigenvalue weighted by atomic mass is 10.2. The molecule has 0 radical (unpaired) electrons. The Morgan fingerprint density at radius 1 is 1.11 bits per heavy atom. The molecule has 0 aliphatic carbocycles. The first kappa shape index (κ1) is 15.3. The SMILES string of the molecule is CCCCCN(CCN1C[C@H]2CC[C@@H](C1)O2)C(C)C. The van der Waals surface area contributed by atoms with E-state index in [1.165, 1.54) is 51.7 Å². The van der Waals surface area contributed by atoms with Crippen LogP contribution in [-0.2, 0) is 4.74 Å². The molecule has 0 N–H and O–H groups in total. The average Bonchev–Trinajstić information content (AvgIpc) is 2.72. The number of hydrogen-bond donors (Lipinski definition) is 0. The minimum Gasteiger partial charge on any atom is -0.372 e. The highest BCUT2D eigenvalue weighted by molar-refractivity contribution is 4.85. The van der Waals surface area contributed by atoms with Crippen molar-refractivity contribution in [2.75, 3.05) is 32.7 Å². The molecule has 0 amide bonds. The Labute approximate surface area is 119 Å². The Bertz CT molecular complexity index is 245. The van der Waals surface area contributed by atoms with Crippen LogP contribution in [0.5, 0.6) is 0 Å². The first-order valence-electron chi connectivity index (χ1n) is 8.31. The summed E-state index contributed by atoms with van der Waals surface area (Å²) >= 11 is 0. The van der Waals surface area contributed by atoms with Crippen LogP contribution in [0, 0.1) is 0 Å². The topological polar surface area (TPSA) is 15.7 Å². The zero-order valence-electron chi connectivity index (χ0n) is 13.1. The van der Waals surface area contributed by atoms with Gasteiger partial charge in [0.25, 0.3) is 0 Å². The Morgan fingerprint density at radius 3 is 2.37 bits per heavy atom. The number of likely N-dealkylation sites (tertiary alicyclic amines) is 1. The quantitative estimate of drug-likeness (QED) is 0.630. The summed E-state index contributed by atoms with van der Waals surface area (Å²) in [5, 5.41) is 0. The molecule has 2 atom stereocenters. The summed E-state index contributed by atoms with van der Waals surface area (Å²) in [6.07, 6.45) is 7.67. The average molecular weight is 268 g/mol. The lowest BCUT2D eigenvalue weighted by Gasteiger charge is -2.35. The zero-order valence-corrected chi connectivity index (χ0v) is 13.1. The third kappa shape index (κ3) is 4.73. The monoisotopic (exact) mass is 268 g/mol. The standard InChI is InChI=1S/C16H32N2O/c1-4-5-6-9-18(14(2)3)11-10-17-12-15-7-8-16(13-17)19-15/h14-16H,4-13H2,1-3H3/t15-,16+. The summed E-state index contributed by atoms with van der Waals surface area (Å²) in [4.78, 5) is 5.27. The fourth-order valence-electron chi connectivity index (χ4n) is 3.34. The van der Waals surface area contributed by atoms with Gasteiger partial charge < -0.3 is 4.74 Å². The predicted molar refractivity (Wildman–Crippen MR) is 80.6 cm³/mol. The minimum atomic E-state index is 0.534. The van der Waals surface area contributed by atoms with Gasteiger partial charge in [-0.15, -0.1) is 0 Å². The molecule has 0 aromatic rings. The maximum Gasteiger partial charge on any atom is 0.0707 e. The molecular formula is C16H32N2O. The van der Waals surface area contributed by atoms with Crippen molar-refractivity contribution < 1.29 is 4.74 Å². The lowest BCUT2D eigenvalue weighted by molar-refractivity contribution is -0.0408. The second kappa shape index (κ2) is 7.61. The van der Waals surface area contributed by atoms with Gasteiger partial charge in [-0.1, -0.05) is 19.8 Å². The molecule has 2 rings (SSSR count). The Kier molecular flexibility index (Phi) is 6.11. The Balaban J connectivity index is 1.69. The van der Waals surface area contributed by atoms with E-state index in [-0.39, 0.29) is 0 Å². The van der Waals surface area contributed by atoms with Crippen molar-refractivity contribution >= 4 is 0 Å². The van der Waals surface area contributed by atoms with Crippen LogP contribution in [-0.4, -0.2) is 60.8 Å². The van der Waals surface area contributed by atoms with Crippen molar-refractivity contribution in [1.82, 2.24) is 9.80 Å². The normalized spacial score (nSPS) is 27.6. The second-order valence-electron chi connectivity index (χ2n) is 6.55. The van der Waals surface area contributed by atoms with Crippen molar-refractivity contribution in [1.29, 1.82) is 0 Å². The van der Waals surface area contributed by atoms with Crippen molar-refractivity contribution in [3.05, 3.63) is 0 Å². The van der Waals surface area contributed by atoms with Crippen LogP contribution >= 0.6 is 0 Å². The molecule has 0 aromatic heterocycles. The fraction of sp³-hybridized carbons (Fsp3) is 1.00. The minimum absolute atomic E-state index is 0.534. The molecule has 2 heterocycles. The number of morpholine rings is 1. The van der Waals surface area contributed by atoms with E-state index in [1.807, 2.05) is 0 Å². The summed E-state index contributed by atoms with van der Waals surface area (Å²) < 4.78 is 5.91. The third-order valence-electron chi connectivity index (χ3n) is 4.60. The van der Waals surface area contributed by atoms with Crippen LogP contribution in [0.2, 0.25) is 0 Å². The molecule has 2 aliphatic heterocycles. The van der Waals surface area contributed by atoms with Gasteiger partial charge in [0.05, 0.1) is 12.2 Å². The number of hydrogen-bond acceptors (Lipinski definition) is 3. The first-order chi connectivity index (χ1) is 9.19. The van der Waals surface area contributed by atoms with Crippen LogP contribution < -0.4 is 0 Å². The maximum absolute atomic E-state index is 5.91. The first-order valence-corrected chi connectivity index (χ1v) is 8.31. The van der Waals surface area contributed by atoms with Crippen LogP contribution in [0.25, 0.3) is 0 Å². The highest BCUT2D eigenvalue weighted by Gasteiger charge is 2.33. The van der Waals surface area contributed by atoms with E-state index in [9.17, 15) is 0 Å². The number of rotatable bonds is 8. The van der Waals surface area contributed by atoms with Gasteiger partial charge in [-0.25, -0.2) is 0 Å². The van der Waals surface area contributed by atoms with Crippen molar-refractivity contribution in [3.8, 4) is 0 Å². The molecule has 3 heteroatoms. The summed E-state index contributed by atoms with van der Waals surface area (Å²) in [6, 6.07) is 0.676. The highest BCUT2D eigenvalue weighted by Crippen LogP contribution is 2.25. The molecule has 2 fully saturated rings. The van der Waals surface area contributed by atoms with Crippen LogP contribution in [0.4, 0.5) is 0 Å². The molecule has 0 aromatic carbocycles. The van der Waals surface area contributed by atoms with E-state index >= 15 is 0 Å². The van der Waals surface area contributed by atoms with Gasteiger partial charge >= 0.3 is 0 Å². The largest absolute Gasteiger partial charge is 0.372 e.